The van der Waals surface area contributed by atoms with E-state index in [1.165, 1.54) is 5.56 Å². The summed E-state index contributed by atoms with van der Waals surface area (Å²) in [5, 5.41) is 5.92. The number of hydrogen-bond donors (Lipinski definition) is 0. The van der Waals surface area contributed by atoms with Crippen molar-refractivity contribution in [1.29, 1.82) is 0 Å². The van der Waals surface area contributed by atoms with E-state index in [0.29, 0.717) is 46.1 Å². The van der Waals surface area contributed by atoms with Gasteiger partial charge in [0.25, 0.3) is 0 Å². The first-order valence-corrected chi connectivity index (χ1v) is 10.3. The van der Waals surface area contributed by atoms with Crippen LogP contribution in [0.3, 0.4) is 0 Å². The summed E-state index contributed by atoms with van der Waals surface area (Å²) >= 11 is 0. The maximum absolute atomic E-state index is 13.3. The first kappa shape index (κ1) is 19.0. The molecule has 2 aliphatic heterocycles. The van der Waals surface area contributed by atoms with Crippen LogP contribution in [0.5, 0.6) is 0 Å². The molecule has 8 heteroatoms. The Morgan fingerprint density at radius 3 is 2.60 bits per heavy atom. The van der Waals surface area contributed by atoms with Crippen molar-refractivity contribution in [2.45, 2.75) is 13.0 Å². The van der Waals surface area contributed by atoms with Crippen LogP contribution in [-0.4, -0.2) is 77.7 Å². The minimum atomic E-state index is -0.394. The van der Waals surface area contributed by atoms with Crippen LogP contribution in [0.2, 0.25) is 0 Å². The van der Waals surface area contributed by atoms with Gasteiger partial charge in [-0.25, -0.2) is 4.68 Å². The summed E-state index contributed by atoms with van der Waals surface area (Å²) in [5.41, 5.74) is 3.08. The molecule has 5 rings (SSSR count). The Kier molecular flexibility index (Phi) is 5.10. The molecule has 0 bridgehead atoms. The highest BCUT2D eigenvalue weighted by atomic mass is 16.5. The lowest BCUT2D eigenvalue weighted by Gasteiger charge is -2.38. The van der Waals surface area contributed by atoms with Gasteiger partial charge in [-0.15, -0.1) is 5.10 Å². The standard InChI is InChI=1S/C22H25N5O3/c1-16-2-4-17(5-3-16)27-19-14-23-7-6-18(19)21(24-27)26-10-13-30-15-20(26)22(28)25-8-11-29-12-9-25/h2-7,14,20H,8-13,15H2,1H3. The second-order valence-electron chi connectivity index (χ2n) is 7.69. The van der Waals surface area contributed by atoms with Crippen molar-refractivity contribution < 1.29 is 14.3 Å². The molecular formula is C22H25N5O3. The monoisotopic (exact) mass is 407 g/mol. The number of fused-ring (bicyclic) bond motifs is 1. The van der Waals surface area contributed by atoms with Gasteiger partial charge in [0.2, 0.25) is 5.91 Å². The van der Waals surface area contributed by atoms with Gasteiger partial charge in [-0.05, 0) is 25.1 Å². The van der Waals surface area contributed by atoms with E-state index >= 15 is 0 Å². The average Bonchev–Trinajstić information content (AvgIpc) is 3.19. The van der Waals surface area contributed by atoms with E-state index in [1.54, 1.807) is 6.20 Å². The molecule has 30 heavy (non-hydrogen) atoms. The molecule has 156 valence electrons. The van der Waals surface area contributed by atoms with Gasteiger partial charge < -0.3 is 19.3 Å². The van der Waals surface area contributed by atoms with Crippen molar-refractivity contribution in [2.24, 2.45) is 0 Å². The first-order chi connectivity index (χ1) is 14.7. The third-order valence-electron chi connectivity index (χ3n) is 5.75. The van der Waals surface area contributed by atoms with E-state index in [2.05, 4.69) is 28.9 Å². The third kappa shape index (κ3) is 3.42. The molecular weight excluding hydrogens is 382 g/mol. The summed E-state index contributed by atoms with van der Waals surface area (Å²) in [4.78, 5) is 21.6. The van der Waals surface area contributed by atoms with Crippen LogP contribution in [-0.2, 0) is 14.3 Å². The van der Waals surface area contributed by atoms with E-state index in [4.69, 9.17) is 14.6 Å². The summed E-state index contributed by atoms with van der Waals surface area (Å²) in [6.07, 6.45) is 3.59. The highest BCUT2D eigenvalue weighted by Gasteiger charge is 2.35. The second-order valence-corrected chi connectivity index (χ2v) is 7.69. The molecule has 1 unspecified atom stereocenters. The molecule has 2 aliphatic rings. The zero-order valence-electron chi connectivity index (χ0n) is 17.0. The number of hydrogen-bond acceptors (Lipinski definition) is 6. The summed E-state index contributed by atoms with van der Waals surface area (Å²) in [7, 11) is 0. The number of carbonyl (C=O) groups is 1. The van der Waals surface area contributed by atoms with Crippen LogP contribution >= 0.6 is 0 Å². The smallest absolute Gasteiger partial charge is 0.247 e. The lowest BCUT2D eigenvalue weighted by molar-refractivity contribution is -0.139. The van der Waals surface area contributed by atoms with Crippen LogP contribution in [0.1, 0.15) is 5.56 Å². The number of aryl methyl sites for hydroxylation is 1. The molecule has 0 saturated carbocycles. The highest BCUT2D eigenvalue weighted by molar-refractivity contribution is 5.94. The van der Waals surface area contributed by atoms with Crippen molar-refractivity contribution in [1.82, 2.24) is 19.7 Å². The Bertz CT molecular complexity index is 1040. The molecule has 2 fully saturated rings. The first-order valence-electron chi connectivity index (χ1n) is 10.3. The topological polar surface area (TPSA) is 72.7 Å². The fourth-order valence-corrected chi connectivity index (χ4v) is 4.10. The van der Waals surface area contributed by atoms with Crippen LogP contribution in [0.25, 0.3) is 16.6 Å². The molecule has 0 radical (unpaired) electrons. The predicted octanol–water partition coefficient (Wildman–Crippen LogP) is 1.79. The van der Waals surface area contributed by atoms with Crippen LogP contribution < -0.4 is 4.90 Å². The Morgan fingerprint density at radius 1 is 1.03 bits per heavy atom. The molecule has 1 amide bonds. The van der Waals surface area contributed by atoms with Crippen LogP contribution in [0, 0.1) is 6.92 Å². The number of morpholine rings is 2. The lowest BCUT2D eigenvalue weighted by atomic mass is 10.1. The summed E-state index contributed by atoms with van der Waals surface area (Å²) in [5.74, 6) is 0.868. The Hall–Kier alpha value is -2.97. The summed E-state index contributed by atoms with van der Waals surface area (Å²) < 4.78 is 13.0. The van der Waals surface area contributed by atoms with Gasteiger partial charge in [0.05, 0.1) is 43.8 Å². The van der Waals surface area contributed by atoms with Gasteiger partial charge in [-0.1, -0.05) is 17.7 Å². The van der Waals surface area contributed by atoms with Crippen LogP contribution in [0.4, 0.5) is 5.82 Å². The fraction of sp³-hybridized carbons (Fsp3) is 0.409. The minimum absolute atomic E-state index is 0.0742. The maximum Gasteiger partial charge on any atom is 0.247 e. The number of nitrogens with zero attached hydrogens (tertiary/aromatic N) is 5. The number of aromatic nitrogens is 3. The van der Waals surface area contributed by atoms with Crippen molar-refractivity contribution in [3.63, 3.8) is 0 Å². The molecule has 4 heterocycles. The van der Waals surface area contributed by atoms with E-state index in [-0.39, 0.29) is 5.91 Å². The van der Waals surface area contributed by atoms with Crippen molar-refractivity contribution in [3.05, 3.63) is 48.3 Å². The predicted molar refractivity (Wildman–Crippen MR) is 113 cm³/mol. The van der Waals surface area contributed by atoms with E-state index < -0.39 is 6.04 Å². The van der Waals surface area contributed by atoms with Crippen molar-refractivity contribution in [2.75, 3.05) is 51.0 Å². The highest BCUT2D eigenvalue weighted by Crippen LogP contribution is 2.30. The molecule has 3 aromatic rings. The van der Waals surface area contributed by atoms with Gasteiger partial charge >= 0.3 is 0 Å². The fourth-order valence-electron chi connectivity index (χ4n) is 4.10. The SMILES string of the molecule is Cc1ccc(-n2nc(N3CCOCC3C(=O)N3CCOCC3)c3ccncc32)cc1. The zero-order chi connectivity index (χ0) is 20.5. The summed E-state index contributed by atoms with van der Waals surface area (Å²) in [6, 6.07) is 9.81. The number of benzene rings is 1. The third-order valence-corrected chi connectivity index (χ3v) is 5.75. The zero-order valence-corrected chi connectivity index (χ0v) is 17.0. The van der Waals surface area contributed by atoms with Gasteiger partial charge in [-0.3, -0.25) is 9.78 Å². The molecule has 0 spiro atoms. The van der Waals surface area contributed by atoms with E-state index in [1.807, 2.05) is 34.0 Å². The Labute approximate surface area is 175 Å². The number of rotatable bonds is 3. The Morgan fingerprint density at radius 2 is 1.80 bits per heavy atom. The molecule has 0 N–H and O–H groups in total. The normalized spacial score (nSPS) is 20.0. The van der Waals surface area contributed by atoms with Crippen LogP contribution in [0.15, 0.2) is 42.7 Å². The number of pyridine rings is 1. The largest absolute Gasteiger partial charge is 0.378 e. The Balaban J connectivity index is 1.55. The number of ether oxygens (including phenoxy) is 2. The number of carbonyl (C=O) groups excluding carboxylic acids is 1. The van der Waals surface area contributed by atoms with Gasteiger partial charge in [0.15, 0.2) is 5.82 Å². The van der Waals surface area contributed by atoms with Crippen molar-refractivity contribution in [3.8, 4) is 5.69 Å². The quantitative estimate of drug-likeness (QED) is 0.659. The molecule has 2 saturated heterocycles. The van der Waals surface area contributed by atoms with E-state index in [9.17, 15) is 4.79 Å². The van der Waals surface area contributed by atoms with Gasteiger partial charge in [0, 0.05) is 31.2 Å². The lowest BCUT2D eigenvalue weighted by Crippen LogP contribution is -2.57. The molecule has 0 aliphatic carbocycles. The average molecular weight is 407 g/mol. The molecule has 1 aromatic carbocycles. The molecule has 2 aromatic heterocycles. The van der Waals surface area contributed by atoms with Gasteiger partial charge in [-0.2, -0.15) is 0 Å². The molecule has 1 atom stereocenters. The number of anilines is 1. The summed E-state index contributed by atoms with van der Waals surface area (Å²) in [6.45, 7) is 6.00. The van der Waals surface area contributed by atoms with Crippen molar-refractivity contribution >= 4 is 22.6 Å². The second kappa shape index (κ2) is 8.04. The van der Waals surface area contributed by atoms with E-state index in [0.717, 1.165) is 22.4 Å². The number of amides is 1. The molecule has 8 nitrogen and oxygen atoms in total. The maximum atomic E-state index is 13.3. The minimum Gasteiger partial charge on any atom is -0.378 e. The van der Waals surface area contributed by atoms with Gasteiger partial charge in [0.1, 0.15) is 6.04 Å².